The fourth-order valence-electron chi connectivity index (χ4n) is 5.01. The van der Waals surface area contributed by atoms with Gasteiger partial charge in [0, 0.05) is 42.2 Å². The van der Waals surface area contributed by atoms with Crippen LogP contribution in [0.15, 0.2) is 67.1 Å². The van der Waals surface area contributed by atoms with E-state index >= 15 is 0 Å². The number of carbonyl (C=O) groups excluding carboxylic acids is 1. The van der Waals surface area contributed by atoms with Crippen LogP contribution in [0.4, 0.5) is 5.82 Å². The van der Waals surface area contributed by atoms with Crippen LogP contribution in [-0.2, 0) is 4.79 Å². The fourth-order valence-corrected chi connectivity index (χ4v) is 5.01. The Bertz CT molecular complexity index is 1340. The molecule has 3 fully saturated rings. The number of amides is 1. The molecule has 2 aromatic carbocycles. The van der Waals surface area contributed by atoms with Gasteiger partial charge in [0.25, 0.3) is 5.91 Å². The lowest BCUT2D eigenvalue weighted by molar-refractivity contribution is -0.144. The van der Waals surface area contributed by atoms with Crippen LogP contribution >= 0.6 is 0 Å². The van der Waals surface area contributed by atoms with E-state index in [1.165, 1.54) is 6.33 Å². The number of carbonyl (C=O) groups is 1. The number of aromatic nitrogens is 2. The summed E-state index contributed by atoms with van der Waals surface area (Å²) in [7, 11) is 0. The summed E-state index contributed by atoms with van der Waals surface area (Å²) >= 11 is 0. The highest BCUT2D eigenvalue weighted by molar-refractivity contribution is 6.13. The molecule has 7 nitrogen and oxygen atoms in total. The second-order valence-electron chi connectivity index (χ2n) is 10.1. The predicted molar refractivity (Wildman–Crippen MR) is 137 cm³/mol. The third kappa shape index (κ3) is 4.67. The molecule has 1 aromatic heterocycles. The average Bonchev–Trinajstić information content (AvgIpc) is 3.69. The van der Waals surface area contributed by atoms with E-state index in [0.29, 0.717) is 28.8 Å². The second-order valence-corrected chi connectivity index (χ2v) is 10.1. The van der Waals surface area contributed by atoms with Gasteiger partial charge in [0.1, 0.15) is 23.6 Å². The van der Waals surface area contributed by atoms with Gasteiger partial charge in [-0.05, 0) is 68.0 Å². The van der Waals surface area contributed by atoms with Crippen molar-refractivity contribution < 1.29 is 9.53 Å². The highest BCUT2D eigenvalue weighted by Crippen LogP contribution is 2.49. The Morgan fingerprint density at radius 3 is 2.50 bits per heavy atom. The molecule has 7 heteroatoms. The molecular weight excluding hydrogens is 450 g/mol. The highest BCUT2D eigenvalue weighted by Gasteiger charge is 2.53. The first-order chi connectivity index (χ1) is 17.6. The van der Waals surface area contributed by atoms with Crippen LogP contribution in [0.2, 0.25) is 0 Å². The molecule has 3 aromatic rings. The summed E-state index contributed by atoms with van der Waals surface area (Å²) in [5.41, 5.74) is 1.98. The Labute approximate surface area is 210 Å². The van der Waals surface area contributed by atoms with Crippen molar-refractivity contribution in [3.63, 3.8) is 0 Å². The number of likely N-dealkylation sites (tertiary alicyclic amines) is 1. The summed E-state index contributed by atoms with van der Waals surface area (Å²) in [6.07, 6.45) is 7.42. The molecule has 1 spiro atoms. The van der Waals surface area contributed by atoms with Crippen LogP contribution in [-0.4, -0.2) is 45.6 Å². The van der Waals surface area contributed by atoms with Crippen molar-refractivity contribution in [2.45, 2.75) is 31.7 Å². The molecule has 1 aliphatic heterocycles. The zero-order valence-corrected chi connectivity index (χ0v) is 19.9. The molecule has 6 rings (SSSR count). The van der Waals surface area contributed by atoms with Crippen molar-refractivity contribution in [1.29, 1.82) is 5.41 Å². The largest absolute Gasteiger partial charge is 0.457 e. The Morgan fingerprint density at radius 1 is 1.06 bits per heavy atom. The van der Waals surface area contributed by atoms with Gasteiger partial charge >= 0.3 is 0 Å². The van der Waals surface area contributed by atoms with E-state index < -0.39 is 0 Å². The number of ether oxygens (including phenoxy) is 1. The van der Waals surface area contributed by atoms with Crippen LogP contribution in [0.1, 0.15) is 36.8 Å². The molecule has 3 aliphatic rings. The van der Waals surface area contributed by atoms with Gasteiger partial charge in [-0.1, -0.05) is 24.1 Å². The molecule has 0 atom stereocenters. The number of hydrogen-bond donors (Lipinski definition) is 2. The number of rotatable bonds is 6. The summed E-state index contributed by atoms with van der Waals surface area (Å²) in [6.45, 7) is 1.57. The Kier molecular flexibility index (Phi) is 5.65. The molecule has 2 heterocycles. The minimum atomic E-state index is -0.0318. The van der Waals surface area contributed by atoms with Gasteiger partial charge < -0.3 is 15.0 Å². The Hall–Kier alpha value is -4.18. The molecule has 1 saturated heterocycles. The average molecular weight is 478 g/mol. The van der Waals surface area contributed by atoms with E-state index in [1.807, 2.05) is 59.5 Å². The number of nitrogens with zero attached hydrogens (tertiary/aromatic N) is 3. The van der Waals surface area contributed by atoms with Crippen LogP contribution in [0, 0.1) is 28.6 Å². The van der Waals surface area contributed by atoms with Crippen molar-refractivity contribution in [3.8, 4) is 23.3 Å². The van der Waals surface area contributed by atoms with Crippen molar-refractivity contribution >= 4 is 17.4 Å². The number of para-hydroxylation sites is 1. The van der Waals surface area contributed by atoms with Gasteiger partial charge in [-0.15, -0.1) is 0 Å². The summed E-state index contributed by atoms with van der Waals surface area (Å²) in [4.78, 5) is 22.7. The van der Waals surface area contributed by atoms with E-state index in [9.17, 15) is 4.79 Å². The zero-order chi connectivity index (χ0) is 24.5. The first-order valence-electron chi connectivity index (χ1n) is 12.4. The third-order valence-corrected chi connectivity index (χ3v) is 7.10. The molecule has 0 radical (unpaired) electrons. The van der Waals surface area contributed by atoms with Gasteiger partial charge in [0.15, 0.2) is 0 Å². The monoisotopic (exact) mass is 477 g/mol. The SMILES string of the molecule is N=C(c1ccc(Oc2ccccc2)cc1)c1cncnc1NC1CC2(C1)CN(C(=O)C#CC1CC1)C2. The smallest absolute Gasteiger partial charge is 0.298 e. The van der Waals surface area contributed by atoms with E-state index in [1.54, 1.807) is 6.20 Å². The molecule has 180 valence electrons. The molecule has 36 heavy (non-hydrogen) atoms. The third-order valence-electron chi connectivity index (χ3n) is 7.10. The van der Waals surface area contributed by atoms with Gasteiger partial charge in [-0.3, -0.25) is 10.2 Å². The van der Waals surface area contributed by atoms with Crippen molar-refractivity contribution in [1.82, 2.24) is 14.9 Å². The lowest BCUT2D eigenvalue weighted by atomic mass is 9.60. The van der Waals surface area contributed by atoms with Crippen LogP contribution in [0.5, 0.6) is 11.5 Å². The quantitative estimate of drug-likeness (QED) is 0.403. The van der Waals surface area contributed by atoms with E-state index in [0.717, 1.165) is 50.1 Å². The van der Waals surface area contributed by atoms with Gasteiger partial charge in [-0.25, -0.2) is 9.97 Å². The number of nitrogens with one attached hydrogen (secondary N) is 2. The molecule has 1 amide bonds. The van der Waals surface area contributed by atoms with Crippen molar-refractivity contribution in [2.75, 3.05) is 18.4 Å². The van der Waals surface area contributed by atoms with E-state index in [4.69, 9.17) is 10.1 Å². The first-order valence-corrected chi connectivity index (χ1v) is 12.4. The maximum absolute atomic E-state index is 12.2. The summed E-state index contributed by atoms with van der Waals surface area (Å²) in [5.74, 6) is 8.44. The maximum atomic E-state index is 12.2. The van der Waals surface area contributed by atoms with Gasteiger partial charge in [0.05, 0.1) is 11.3 Å². The van der Waals surface area contributed by atoms with E-state index in [-0.39, 0.29) is 17.4 Å². The van der Waals surface area contributed by atoms with Gasteiger partial charge in [-0.2, -0.15) is 0 Å². The normalized spacial score (nSPS) is 17.8. The first kappa shape index (κ1) is 22.3. The predicted octanol–water partition coefficient (Wildman–Crippen LogP) is 4.50. The van der Waals surface area contributed by atoms with Crippen LogP contribution in [0.25, 0.3) is 0 Å². The summed E-state index contributed by atoms with van der Waals surface area (Å²) in [6, 6.07) is 17.4. The van der Waals surface area contributed by atoms with Crippen LogP contribution < -0.4 is 10.1 Å². The fraction of sp³-hybridized carbons (Fsp3) is 0.310. The lowest BCUT2D eigenvalue weighted by Gasteiger charge is -2.58. The highest BCUT2D eigenvalue weighted by atomic mass is 16.5. The summed E-state index contributed by atoms with van der Waals surface area (Å²) < 4.78 is 5.86. The Morgan fingerprint density at radius 2 is 1.78 bits per heavy atom. The number of anilines is 1. The molecule has 2 saturated carbocycles. The standard InChI is InChI=1S/C29H27N5O2/c30-27(21-9-11-24(12-10-21)36-23-4-2-1-3-5-23)25-16-31-19-32-28(25)33-22-14-29(15-22)17-34(18-29)26(35)13-8-20-6-7-20/h1-5,9-12,16,19-20,22,30H,6-7,14-15,17-18H2,(H,31,32,33). The summed E-state index contributed by atoms with van der Waals surface area (Å²) in [5, 5.41) is 12.3. The molecule has 2 N–H and O–H groups in total. The van der Waals surface area contributed by atoms with Gasteiger partial charge in [0.2, 0.25) is 0 Å². The molecule has 0 bridgehead atoms. The lowest BCUT2D eigenvalue weighted by Crippen LogP contribution is -2.66. The minimum Gasteiger partial charge on any atom is -0.457 e. The topological polar surface area (TPSA) is 91.2 Å². The maximum Gasteiger partial charge on any atom is 0.298 e. The minimum absolute atomic E-state index is 0.0318. The van der Waals surface area contributed by atoms with Crippen LogP contribution in [0.3, 0.4) is 0 Å². The molecule has 2 aliphatic carbocycles. The van der Waals surface area contributed by atoms with Crippen molar-refractivity contribution in [2.24, 2.45) is 11.3 Å². The Balaban J connectivity index is 1.05. The molecule has 0 unspecified atom stereocenters. The van der Waals surface area contributed by atoms with E-state index in [2.05, 4.69) is 27.1 Å². The zero-order valence-electron chi connectivity index (χ0n) is 19.9. The second kappa shape index (κ2) is 9.12. The molecular formula is C29H27N5O2. The van der Waals surface area contributed by atoms with Crippen molar-refractivity contribution in [3.05, 3.63) is 78.2 Å². The number of hydrogen-bond acceptors (Lipinski definition) is 6. The number of benzene rings is 2.